The lowest BCUT2D eigenvalue weighted by atomic mass is 10.1. The van der Waals surface area contributed by atoms with Crippen LogP contribution in [-0.4, -0.2) is 15.3 Å². The van der Waals surface area contributed by atoms with E-state index in [9.17, 15) is 22.7 Å². The summed E-state index contributed by atoms with van der Waals surface area (Å²) in [5.41, 5.74) is -3.94. The van der Waals surface area contributed by atoms with E-state index in [0.29, 0.717) is 0 Å². The number of halogens is 4. The highest BCUT2D eigenvalue weighted by atomic mass is 19.4. The van der Waals surface area contributed by atoms with Crippen LogP contribution in [0.2, 0.25) is 0 Å². The molecule has 1 rings (SSSR count). The lowest BCUT2D eigenvalue weighted by Crippen LogP contribution is -2.18. The number of nitrogens with one attached hydrogen (secondary N) is 1. The van der Waals surface area contributed by atoms with Gasteiger partial charge >= 0.3 is 6.18 Å². The quantitative estimate of drug-likeness (QED) is 0.697. The van der Waals surface area contributed by atoms with Gasteiger partial charge in [0.25, 0.3) is 0 Å². The zero-order valence-corrected chi connectivity index (χ0v) is 7.41. The van der Waals surface area contributed by atoms with E-state index in [1.165, 1.54) is 0 Å². The van der Waals surface area contributed by atoms with E-state index >= 15 is 0 Å². The summed E-state index contributed by atoms with van der Waals surface area (Å²) in [5.74, 6) is -1.56. The summed E-state index contributed by atoms with van der Waals surface area (Å²) in [6.07, 6.45) is -4.86. The van der Waals surface area contributed by atoms with Crippen LogP contribution in [-0.2, 0) is 11.8 Å². The summed E-state index contributed by atoms with van der Waals surface area (Å²) in [6.45, 7) is 2.31. The second kappa shape index (κ2) is 2.94. The Morgan fingerprint density at radius 2 is 1.79 bits per heavy atom. The van der Waals surface area contributed by atoms with Crippen molar-refractivity contribution in [3.63, 3.8) is 0 Å². The van der Waals surface area contributed by atoms with Crippen molar-refractivity contribution >= 4 is 0 Å². The van der Waals surface area contributed by atoms with Gasteiger partial charge in [0, 0.05) is 0 Å². The van der Waals surface area contributed by atoms with Crippen LogP contribution in [0, 0.1) is 5.82 Å². The van der Waals surface area contributed by atoms with Gasteiger partial charge in [0.15, 0.2) is 5.82 Å². The first kappa shape index (κ1) is 11.0. The van der Waals surface area contributed by atoms with Gasteiger partial charge in [-0.25, -0.2) is 4.39 Å². The second-order valence-electron chi connectivity index (χ2n) is 3.32. The molecule has 7 heteroatoms. The van der Waals surface area contributed by atoms with Crippen molar-refractivity contribution in [2.24, 2.45) is 0 Å². The van der Waals surface area contributed by atoms with Crippen LogP contribution in [0.4, 0.5) is 17.6 Å². The molecule has 14 heavy (non-hydrogen) atoms. The van der Waals surface area contributed by atoms with Crippen molar-refractivity contribution < 1.29 is 22.7 Å². The van der Waals surface area contributed by atoms with Gasteiger partial charge in [-0.1, -0.05) is 0 Å². The zero-order valence-electron chi connectivity index (χ0n) is 7.41. The van der Waals surface area contributed by atoms with E-state index < -0.39 is 29.0 Å². The van der Waals surface area contributed by atoms with Crippen LogP contribution >= 0.6 is 0 Å². The minimum atomic E-state index is -4.86. The number of aromatic nitrogens is 2. The predicted molar refractivity (Wildman–Crippen MR) is 38.8 cm³/mol. The molecule has 1 aromatic rings. The number of hydrogen-bond acceptors (Lipinski definition) is 2. The molecule has 80 valence electrons. The normalized spacial score (nSPS) is 13.4. The maximum atomic E-state index is 13.1. The molecule has 0 unspecified atom stereocenters. The monoisotopic (exact) mass is 212 g/mol. The lowest BCUT2D eigenvalue weighted by Gasteiger charge is -2.14. The maximum absolute atomic E-state index is 13.1. The van der Waals surface area contributed by atoms with Gasteiger partial charge < -0.3 is 5.11 Å². The summed E-state index contributed by atoms with van der Waals surface area (Å²) < 4.78 is 49.2. The van der Waals surface area contributed by atoms with E-state index in [4.69, 9.17) is 0 Å². The SMILES string of the molecule is CC(C)(O)c1[nH]nc(C(F)(F)F)c1F. The Morgan fingerprint density at radius 3 is 2.00 bits per heavy atom. The van der Waals surface area contributed by atoms with Crippen molar-refractivity contribution in [3.8, 4) is 0 Å². The number of aromatic amines is 1. The zero-order chi connectivity index (χ0) is 11.1. The van der Waals surface area contributed by atoms with Gasteiger partial charge in [0.1, 0.15) is 11.3 Å². The van der Waals surface area contributed by atoms with Crippen molar-refractivity contribution in [1.82, 2.24) is 10.2 Å². The molecule has 1 heterocycles. The largest absolute Gasteiger partial charge is 0.438 e. The number of hydrogen-bond donors (Lipinski definition) is 2. The summed E-state index contributed by atoms with van der Waals surface area (Å²) in [7, 11) is 0. The lowest BCUT2D eigenvalue weighted by molar-refractivity contribution is -0.143. The van der Waals surface area contributed by atoms with E-state index in [0.717, 1.165) is 13.8 Å². The standard InChI is InChI=1S/C7H8F4N2O/c1-6(2,14)4-3(8)5(13-12-4)7(9,10)11/h14H,1-2H3,(H,12,13). The molecule has 0 saturated carbocycles. The Hall–Kier alpha value is -1.11. The van der Waals surface area contributed by atoms with Gasteiger partial charge in [0.05, 0.1) is 0 Å². The molecule has 0 saturated heterocycles. The highest BCUT2D eigenvalue weighted by molar-refractivity contribution is 5.19. The van der Waals surface area contributed by atoms with Gasteiger partial charge in [-0.3, -0.25) is 5.10 Å². The summed E-state index contributed by atoms with van der Waals surface area (Å²) in [6, 6.07) is 0. The molecule has 1 aromatic heterocycles. The smallest absolute Gasteiger partial charge is 0.384 e. The molecule has 3 nitrogen and oxygen atoms in total. The molecule has 0 spiro atoms. The van der Waals surface area contributed by atoms with Crippen molar-refractivity contribution in [2.45, 2.75) is 25.6 Å². The molecule has 0 radical (unpaired) electrons. The molecule has 0 aliphatic heterocycles. The molecule has 0 aliphatic rings. The fraction of sp³-hybridized carbons (Fsp3) is 0.571. The topological polar surface area (TPSA) is 48.9 Å². The number of H-pyrrole nitrogens is 1. The van der Waals surface area contributed by atoms with E-state index in [-0.39, 0.29) is 0 Å². The highest BCUT2D eigenvalue weighted by Crippen LogP contribution is 2.33. The van der Waals surface area contributed by atoms with Crippen LogP contribution in [0.15, 0.2) is 0 Å². The van der Waals surface area contributed by atoms with Crippen LogP contribution in [0.25, 0.3) is 0 Å². The summed E-state index contributed by atoms with van der Waals surface area (Å²) >= 11 is 0. The first-order valence-electron chi connectivity index (χ1n) is 3.68. The number of nitrogens with zero attached hydrogens (tertiary/aromatic N) is 1. The minimum absolute atomic E-state index is 0.579. The number of rotatable bonds is 1. The fourth-order valence-electron chi connectivity index (χ4n) is 0.922. The molecule has 2 N–H and O–H groups in total. The molecule has 0 atom stereocenters. The van der Waals surface area contributed by atoms with Gasteiger partial charge in [0.2, 0.25) is 5.69 Å². The van der Waals surface area contributed by atoms with Gasteiger partial charge in [-0.05, 0) is 13.8 Å². The first-order chi connectivity index (χ1) is 6.14. The Morgan fingerprint density at radius 1 is 1.29 bits per heavy atom. The predicted octanol–water partition coefficient (Wildman–Crippen LogP) is 1.79. The Balaban J connectivity index is 3.23. The summed E-state index contributed by atoms with van der Waals surface area (Å²) in [4.78, 5) is 0. The van der Waals surface area contributed by atoms with Gasteiger partial charge in [-0.15, -0.1) is 0 Å². The second-order valence-corrected chi connectivity index (χ2v) is 3.32. The van der Waals surface area contributed by atoms with E-state index in [1.807, 2.05) is 5.10 Å². The Labute approximate surface area is 76.7 Å². The maximum Gasteiger partial charge on any atom is 0.438 e. The highest BCUT2D eigenvalue weighted by Gasteiger charge is 2.40. The van der Waals surface area contributed by atoms with E-state index in [2.05, 4.69) is 5.10 Å². The average molecular weight is 212 g/mol. The molecule has 0 amide bonds. The van der Waals surface area contributed by atoms with Crippen molar-refractivity contribution in [3.05, 3.63) is 17.2 Å². The van der Waals surface area contributed by atoms with Crippen molar-refractivity contribution in [1.29, 1.82) is 0 Å². The van der Waals surface area contributed by atoms with Crippen LogP contribution < -0.4 is 0 Å². The molecular weight excluding hydrogens is 204 g/mol. The third-order valence-corrected chi connectivity index (χ3v) is 1.59. The minimum Gasteiger partial charge on any atom is -0.384 e. The number of aliphatic hydroxyl groups is 1. The number of alkyl halides is 3. The summed E-state index contributed by atoms with van der Waals surface area (Å²) in [5, 5.41) is 13.9. The molecule has 0 bridgehead atoms. The van der Waals surface area contributed by atoms with Crippen LogP contribution in [0.1, 0.15) is 25.2 Å². The Bertz CT molecular complexity index is 305. The molecular formula is C7H8F4N2O. The third-order valence-electron chi connectivity index (χ3n) is 1.59. The van der Waals surface area contributed by atoms with E-state index in [1.54, 1.807) is 0 Å². The van der Waals surface area contributed by atoms with Crippen LogP contribution in [0.5, 0.6) is 0 Å². The third kappa shape index (κ3) is 1.87. The van der Waals surface area contributed by atoms with Crippen LogP contribution in [0.3, 0.4) is 0 Å². The molecule has 0 aliphatic carbocycles. The molecule has 0 aromatic carbocycles. The Kier molecular flexibility index (Phi) is 2.31. The fourth-order valence-corrected chi connectivity index (χ4v) is 0.922. The first-order valence-corrected chi connectivity index (χ1v) is 3.68. The van der Waals surface area contributed by atoms with Crippen molar-refractivity contribution in [2.75, 3.05) is 0 Å². The average Bonchev–Trinajstić information content (AvgIpc) is 2.26. The van der Waals surface area contributed by atoms with Gasteiger partial charge in [-0.2, -0.15) is 18.3 Å². The molecule has 0 fully saturated rings.